The highest BCUT2D eigenvalue weighted by molar-refractivity contribution is 6.34. The van der Waals surface area contributed by atoms with Crippen LogP contribution < -0.4 is 4.90 Å². The van der Waals surface area contributed by atoms with Crippen LogP contribution in [0, 0.1) is 0 Å². The summed E-state index contributed by atoms with van der Waals surface area (Å²) in [5.74, 6) is -1.42. The van der Waals surface area contributed by atoms with Gasteiger partial charge in [0.05, 0.1) is 17.2 Å². The minimum Gasteiger partial charge on any atom is -0.508 e. The molecular formula is C20H19ClN2O5. The third-order valence-electron chi connectivity index (χ3n) is 4.34. The van der Waals surface area contributed by atoms with E-state index in [4.69, 9.17) is 16.3 Å². The van der Waals surface area contributed by atoms with Crippen molar-refractivity contribution in [3.63, 3.8) is 0 Å². The molecule has 0 unspecified atom stereocenters. The number of hydrogen-bond acceptors (Lipinski definition) is 5. The molecule has 0 bridgehead atoms. The predicted octanol–water partition coefficient (Wildman–Crippen LogP) is 2.60. The van der Waals surface area contributed by atoms with Crippen LogP contribution in [0.2, 0.25) is 5.02 Å². The second-order valence-corrected chi connectivity index (χ2v) is 6.65. The second kappa shape index (κ2) is 8.31. The summed E-state index contributed by atoms with van der Waals surface area (Å²) in [5.41, 5.74) is 1.46. The fraction of sp³-hybridized carbons (Fsp3) is 0.250. The van der Waals surface area contributed by atoms with E-state index >= 15 is 0 Å². The first-order chi connectivity index (χ1) is 13.4. The van der Waals surface area contributed by atoms with Gasteiger partial charge in [-0.3, -0.25) is 19.3 Å². The van der Waals surface area contributed by atoms with Crippen molar-refractivity contribution in [2.45, 2.75) is 13.5 Å². The molecule has 0 aromatic heterocycles. The van der Waals surface area contributed by atoms with Crippen LogP contribution in [0.3, 0.4) is 0 Å². The summed E-state index contributed by atoms with van der Waals surface area (Å²) in [5, 5.41) is 9.61. The van der Waals surface area contributed by atoms with Crippen molar-refractivity contribution in [1.82, 2.24) is 4.90 Å². The highest BCUT2D eigenvalue weighted by Gasteiger charge is 2.31. The summed E-state index contributed by atoms with van der Waals surface area (Å²) in [4.78, 5) is 40.4. The summed E-state index contributed by atoms with van der Waals surface area (Å²) in [6, 6.07) is 11.1. The average Bonchev–Trinajstić information content (AvgIpc) is 2.78. The molecule has 28 heavy (non-hydrogen) atoms. The molecule has 0 saturated carbocycles. The van der Waals surface area contributed by atoms with E-state index in [9.17, 15) is 19.5 Å². The quantitative estimate of drug-likeness (QED) is 0.794. The van der Waals surface area contributed by atoms with Gasteiger partial charge in [0, 0.05) is 12.2 Å². The van der Waals surface area contributed by atoms with Gasteiger partial charge in [-0.15, -0.1) is 0 Å². The number of phenols is 1. The lowest BCUT2D eigenvalue weighted by atomic mass is 10.1. The van der Waals surface area contributed by atoms with E-state index < -0.39 is 11.9 Å². The van der Waals surface area contributed by atoms with Crippen molar-refractivity contribution >= 4 is 35.1 Å². The molecule has 2 aromatic rings. The topological polar surface area (TPSA) is 87.2 Å². The van der Waals surface area contributed by atoms with Gasteiger partial charge in [-0.1, -0.05) is 29.8 Å². The highest BCUT2D eigenvalue weighted by atomic mass is 35.5. The number of halogens is 1. The Morgan fingerprint density at radius 3 is 2.64 bits per heavy atom. The molecular weight excluding hydrogens is 384 g/mol. The molecule has 1 heterocycles. The average molecular weight is 403 g/mol. The Bertz CT molecular complexity index is 931. The Hall–Kier alpha value is -3.06. The first-order valence-electron chi connectivity index (χ1n) is 8.72. The minimum absolute atomic E-state index is 0.0606. The van der Waals surface area contributed by atoms with E-state index in [-0.39, 0.29) is 48.5 Å². The third kappa shape index (κ3) is 4.09. The van der Waals surface area contributed by atoms with E-state index in [2.05, 4.69) is 0 Å². The number of amides is 2. The van der Waals surface area contributed by atoms with Gasteiger partial charge < -0.3 is 14.7 Å². The number of hydrogen-bond donors (Lipinski definition) is 1. The number of esters is 1. The standard InChI is InChI=1S/C20H19ClN2O5/c1-2-28-19(26)12-22-10-13-5-3-4-6-17(13)23(11-18(22)25)20(27)15-8-7-14(24)9-16(15)21/h3-9,24H,2,10-12H2,1H3. The van der Waals surface area contributed by atoms with Crippen LogP contribution >= 0.6 is 11.6 Å². The summed E-state index contributed by atoms with van der Waals surface area (Å²) in [6.07, 6.45) is 0. The van der Waals surface area contributed by atoms with Gasteiger partial charge in [-0.25, -0.2) is 0 Å². The van der Waals surface area contributed by atoms with Gasteiger partial charge >= 0.3 is 5.97 Å². The molecule has 7 nitrogen and oxygen atoms in total. The van der Waals surface area contributed by atoms with E-state index in [1.165, 1.54) is 28.0 Å². The minimum atomic E-state index is -0.505. The number of rotatable bonds is 4. The maximum atomic E-state index is 13.1. The van der Waals surface area contributed by atoms with Crippen LogP contribution in [-0.4, -0.2) is 47.5 Å². The van der Waals surface area contributed by atoms with Crippen LogP contribution in [0.15, 0.2) is 42.5 Å². The van der Waals surface area contributed by atoms with Crippen molar-refractivity contribution < 1.29 is 24.2 Å². The van der Waals surface area contributed by atoms with Crippen molar-refractivity contribution in [2.24, 2.45) is 0 Å². The SMILES string of the molecule is CCOC(=O)CN1Cc2ccccc2N(C(=O)c2ccc(O)cc2Cl)CC1=O. The molecule has 2 aromatic carbocycles. The van der Waals surface area contributed by atoms with Gasteiger partial charge in [-0.05, 0) is 36.8 Å². The molecule has 0 radical (unpaired) electrons. The predicted molar refractivity (Wildman–Crippen MR) is 103 cm³/mol. The van der Waals surface area contributed by atoms with Gasteiger partial charge in [-0.2, -0.15) is 0 Å². The second-order valence-electron chi connectivity index (χ2n) is 6.24. The Balaban J connectivity index is 1.95. The van der Waals surface area contributed by atoms with E-state index in [1.54, 1.807) is 31.2 Å². The molecule has 1 aliphatic rings. The highest BCUT2D eigenvalue weighted by Crippen LogP contribution is 2.29. The number of nitrogens with zero attached hydrogens (tertiary/aromatic N) is 2. The number of fused-ring (bicyclic) bond motifs is 1. The first kappa shape index (κ1) is 19.7. The lowest BCUT2D eigenvalue weighted by Gasteiger charge is -2.22. The van der Waals surface area contributed by atoms with Crippen molar-refractivity contribution in [1.29, 1.82) is 0 Å². The Kier molecular flexibility index (Phi) is 5.84. The third-order valence-corrected chi connectivity index (χ3v) is 4.66. The number of phenolic OH excluding ortho intramolecular Hbond substituents is 1. The zero-order valence-electron chi connectivity index (χ0n) is 15.2. The van der Waals surface area contributed by atoms with Crippen LogP contribution in [-0.2, 0) is 20.9 Å². The number of anilines is 1. The molecule has 146 valence electrons. The van der Waals surface area contributed by atoms with Gasteiger partial charge in [0.15, 0.2) is 0 Å². The molecule has 0 fully saturated rings. The summed E-state index contributed by atoms with van der Waals surface area (Å²) < 4.78 is 4.94. The number of aromatic hydroxyl groups is 1. The monoisotopic (exact) mass is 402 g/mol. The Morgan fingerprint density at radius 1 is 1.18 bits per heavy atom. The summed E-state index contributed by atoms with van der Waals surface area (Å²) in [7, 11) is 0. The number of carbonyl (C=O) groups is 3. The molecule has 3 rings (SSSR count). The van der Waals surface area contributed by atoms with E-state index in [0.717, 1.165) is 5.56 Å². The molecule has 0 aliphatic carbocycles. The van der Waals surface area contributed by atoms with Crippen LogP contribution in [0.25, 0.3) is 0 Å². The fourth-order valence-corrected chi connectivity index (χ4v) is 3.29. The molecule has 0 atom stereocenters. The molecule has 2 amide bonds. The molecule has 1 N–H and O–H groups in total. The molecule has 1 aliphatic heterocycles. The zero-order valence-corrected chi connectivity index (χ0v) is 16.0. The maximum absolute atomic E-state index is 13.1. The van der Waals surface area contributed by atoms with E-state index in [0.29, 0.717) is 5.69 Å². The molecule has 0 saturated heterocycles. The largest absolute Gasteiger partial charge is 0.508 e. The van der Waals surface area contributed by atoms with Crippen molar-refractivity contribution in [2.75, 3.05) is 24.6 Å². The molecule has 0 spiro atoms. The number of ether oxygens (including phenoxy) is 1. The normalized spacial score (nSPS) is 13.7. The van der Waals surface area contributed by atoms with Crippen LogP contribution in [0.5, 0.6) is 5.75 Å². The first-order valence-corrected chi connectivity index (χ1v) is 9.10. The Morgan fingerprint density at radius 2 is 1.93 bits per heavy atom. The number of benzene rings is 2. The van der Waals surface area contributed by atoms with E-state index in [1.807, 2.05) is 0 Å². The number of carbonyl (C=O) groups excluding carboxylic acids is 3. The summed E-state index contributed by atoms with van der Waals surface area (Å²) >= 11 is 6.12. The fourth-order valence-electron chi connectivity index (χ4n) is 3.03. The summed E-state index contributed by atoms with van der Waals surface area (Å²) in [6.45, 7) is 1.66. The van der Waals surface area contributed by atoms with Gasteiger partial charge in [0.2, 0.25) is 5.91 Å². The van der Waals surface area contributed by atoms with Crippen LogP contribution in [0.4, 0.5) is 5.69 Å². The molecule has 8 heteroatoms. The maximum Gasteiger partial charge on any atom is 0.325 e. The zero-order chi connectivity index (χ0) is 20.3. The number of para-hydroxylation sites is 1. The van der Waals surface area contributed by atoms with Gasteiger partial charge in [0.1, 0.15) is 18.8 Å². The lowest BCUT2D eigenvalue weighted by Crippen LogP contribution is -2.42. The van der Waals surface area contributed by atoms with Gasteiger partial charge in [0.25, 0.3) is 5.91 Å². The van der Waals surface area contributed by atoms with Crippen molar-refractivity contribution in [3.05, 3.63) is 58.6 Å². The Labute approximate surface area is 167 Å². The van der Waals surface area contributed by atoms with Crippen LogP contribution in [0.1, 0.15) is 22.8 Å². The van der Waals surface area contributed by atoms with Crippen molar-refractivity contribution in [3.8, 4) is 5.75 Å². The smallest absolute Gasteiger partial charge is 0.325 e. The lowest BCUT2D eigenvalue weighted by molar-refractivity contribution is -0.148.